The van der Waals surface area contributed by atoms with Gasteiger partial charge in [0.2, 0.25) is 5.91 Å². The highest BCUT2D eigenvalue weighted by molar-refractivity contribution is 6.31. The van der Waals surface area contributed by atoms with Crippen molar-refractivity contribution in [3.63, 3.8) is 0 Å². The summed E-state index contributed by atoms with van der Waals surface area (Å²) in [5.41, 5.74) is 1.09. The summed E-state index contributed by atoms with van der Waals surface area (Å²) in [5.74, 6) is -0.611. The number of aliphatic carboxylic acids is 1. The zero-order valence-electron chi connectivity index (χ0n) is 12.8. The van der Waals surface area contributed by atoms with Crippen molar-refractivity contribution in [3.05, 3.63) is 34.9 Å². The fourth-order valence-electron chi connectivity index (χ4n) is 2.98. The van der Waals surface area contributed by atoms with E-state index in [1.54, 1.807) is 0 Å². The Labute approximate surface area is 136 Å². The number of hydrogen-bond acceptors (Lipinski definition) is 2. The van der Waals surface area contributed by atoms with Crippen molar-refractivity contribution in [2.45, 2.75) is 45.1 Å². The Morgan fingerprint density at radius 2 is 2.14 bits per heavy atom. The van der Waals surface area contributed by atoms with Crippen molar-refractivity contribution in [3.8, 4) is 0 Å². The number of hydrogen-bond donors (Lipinski definition) is 1. The molecule has 0 aromatic heterocycles. The van der Waals surface area contributed by atoms with Gasteiger partial charge in [-0.15, -0.1) is 0 Å². The first-order valence-corrected chi connectivity index (χ1v) is 8.12. The molecule has 120 valence electrons. The fraction of sp³-hybridized carbons (Fsp3) is 0.529. The van der Waals surface area contributed by atoms with E-state index in [2.05, 4.69) is 6.92 Å². The molecule has 5 heteroatoms. The number of nitrogens with zero attached hydrogens (tertiary/aromatic N) is 1. The van der Waals surface area contributed by atoms with Gasteiger partial charge < -0.3 is 10.0 Å². The van der Waals surface area contributed by atoms with Crippen LogP contribution in [0.4, 0.5) is 0 Å². The van der Waals surface area contributed by atoms with E-state index in [0.29, 0.717) is 25.3 Å². The van der Waals surface area contributed by atoms with Gasteiger partial charge in [0.25, 0.3) is 0 Å². The van der Waals surface area contributed by atoms with Crippen molar-refractivity contribution >= 4 is 23.5 Å². The Morgan fingerprint density at radius 1 is 1.41 bits per heavy atom. The smallest absolute Gasteiger partial charge is 0.326 e. The van der Waals surface area contributed by atoms with Crippen LogP contribution in [0, 0.1) is 5.92 Å². The zero-order valence-corrected chi connectivity index (χ0v) is 13.6. The minimum absolute atomic E-state index is 0.0455. The lowest BCUT2D eigenvalue weighted by atomic mass is 9.96. The second kappa shape index (κ2) is 7.63. The average Bonchev–Trinajstić information content (AvgIpc) is 2.97. The standard InChI is InChI=1S/C17H22ClNO3/c1-12(11-13-5-2-3-6-14(13)18)8-9-16(20)19-10-4-7-15(19)17(21)22/h2-3,5-6,12,15H,4,7-11H2,1H3,(H,21,22). The van der Waals surface area contributed by atoms with Crippen molar-refractivity contribution in [2.75, 3.05) is 6.54 Å². The van der Waals surface area contributed by atoms with E-state index >= 15 is 0 Å². The predicted octanol–water partition coefficient (Wildman–Crippen LogP) is 3.37. The topological polar surface area (TPSA) is 57.6 Å². The molecule has 2 unspecified atom stereocenters. The first-order chi connectivity index (χ1) is 10.5. The van der Waals surface area contributed by atoms with Gasteiger partial charge in [-0.3, -0.25) is 4.79 Å². The van der Waals surface area contributed by atoms with Crippen LogP contribution in [0.15, 0.2) is 24.3 Å². The quantitative estimate of drug-likeness (QED) is 0.873. The molecule has 0 spiro atoms. The van der Waals surface area contributed by atoms with Gasteiger partial charge >= 0.3 is 5.97 Å². The van der Waals surface area contributed by atoms with Crippen molar-refractivity contribution in [2.24, 2.45) is 5.92 Å². The van der Waals surface area contributed by atoms with Gasteiger partial charge in [-0.1, -0.05) is 36.7 Å². The summed E-state index contributed by atoms with van der Waals surface area (Å²) in [6.07, 6.45) is 3.31. The molecule has 1 aromatic carbocycles. The molecule has 0 saturated carbocycles. The number of carboxylic acid groups (broad SMARTS) is 1. The molecule has 2 atom stereocenters. The highest BCUT2D eigenvalue weighted by Gasteiger charge is 2.33. The molecule has 1 aliphatic heterocycles. The van der Waals surface area contributed by atoms with E-state index < -0.39 is 12.0 Å². The molecular weight excluding hydrogens is 302 g/mol. The number of rotatable bonds is 6. The summed E-state index contributed by atoms with van der Waals surface area (Å²) in [7, 11) is 0. The van der Waals surface area contributed by atoms with E-state index in [1.807, 2.05) is 24.3 Å². The number of carbonyl (C=O) groups is 2. The summed E-state index contributed by atoms with van der Waals surface area (Å²) in [6, 6.07) is 7.10. The molecule has 0 bridgehead atoms. The third-order valence-corrected chi connectivity index (χ3v) is 4.60. The maximum Gasteiger partial charge on any atom is 0.326 e. The summed E-state index contributed by atoms with van der Waals surface area (Å²) < 4.78 is 0. The Morgan fingerprint density at radius 3 is 2.82 bits per heavy atom. The third kappa shape index (κ3) is 4.23. The van der Waals surface area contributed by atoms with Crippen LogP contribution in [-0.2, 0) is 16.0 Å². The maximum atomic E-state index is 12.2. The normalized spacial score (nSPS) is 19.2. The van der Waals surface area contributed by atoms with Crippen LogP contribution in [0.3, 0.4) is 0 Å². The number of carbonyl (C=O) groups excluding carboxylic acids is 1. The lowest BCUT2D eigenvalue weighted by Crippen LogP contribution is -2.40. The lowest BCUT2D eigenvalue weighted by Gasteiger charge is -2.22. The van der Waals surface area contributed by atoms with Crippen LogP contribution in [0.1, 0.15) is 38.2 Å². The van der Waals surface area contributed by atoms with E-state index in [1.165, 1.54) is 4.90 Å². The molecule has 0 radical (unpaired) electrons. The minimum Gasteiger partial charge on any atom is -0.480 e. The van der Waals surface area contributed by atoms with Gasteiger partial charge in [-0.25, -0.2) is 4.79 Å². The summed E-state index contributed by atoms with van der Waals surface area (Å²) in [5, 5.41) is 9.88. The molecule has 1 aliphatic rings. The SMILES string of the molecule is CC(CCC(=O)N1CCCC1C(=O)O)Cc1ccccc1Cl. The van der Waals surface area contributed by atoms with Gasteiger partial charge in [0, 0.05) is 18.0 Å². The Kier molecular flexibility index (Phi) is 5.83. The van der Waals surface area contributed by atoms with Gasteiger partial charge in [-0.05, 0) is 43.2 Å². The first-order valence-electron chi connectivity index (χ1n) is 7.74. The summed E-state index contributed by atoms with van der Waals surface area (Å²) >= 11 is 6.15. The second-order valence-corrected chi connectivity index (χ2v) is 6.43. The monoisotopic (exact) mass is 323 g/mol. The highest BCUT2D eigenvalue weighted by Crippen LogP contribution is 2.23. The number of benzene rings is 1. The van der Waals surface area contributed by atoms with Gasteiger partial charge in [0.15, 0.2) is 0 Å². The first kappa shape index (κ1) is 16.8. The predicted molar refractivity (Wildman–Crippen MR) is 85.9 cm³/mol. The number of amides is 1. The second-order valence-electron chi connectivity index (χ2n) is 6.02. The highest BCUT2D eigenvalue weighted by atomic mass is 35.5. The molecular formula is C17H22ClNO3. The largest absolute Gasteiger partial charge is 0.480 e. The molecule has 1 amide bonds. The Bertz CT molecular complexity index is 546. The van der Waals surface area contributed by atoms with E-state index in [4.69, 9.17) is 16.7 Å². The number of halogens is 1. The molecule has 4 nitrogen and oxygen atoms in total. The summed E-state index contributed by atoms with van der Waals surface area (Å²) in [6.45, 7) is 2.66. The molecule has 22 heavy (non-hydrogen) atoms. The van der Waals surface area contributed by atoms with Gasteiger partial charge in [0.1, 0.15) is 6.04 Å². The Hall–Kier alpha value is -1.55. The molecule has 1 N–H and O–H groups in total. The van der Waals surface area contributed by atoms with E-state index in [9.17, 15) is 9.59 Å². The molecule has 1 saturated heterocycles. The number of likely N-dealkylation sites (tertiary alicyclic amines) is 1. The maximum absolute atomic E-state index is 12.2. The van der Waals surface area contributed by atoms with Crippen LogP contribution >= 0.6 is 11.6 Å². The third-order valence-electron chi connectivity index (χ3n) is 4.24. The zero-order chi connectivity index (χ0) is 16.1. The Balaban J connectivity index is 1.83. The average molecular weight is 324 g/mol. The van der Waals surface area contributed by atoms with Gasteiger partial charge in [-0.2, -0.15) is 0 Å². The van der Waals surface area contributed by atoms with Crippen molar-refractivity contribution < 1.29 is 14.7 Å². The lowest BCUT2D eigenvalue weighted by molar-refractivity contribution is -0.148. The number of carboxylic acids is 1. The molecule has 1 heterocycles. The summed E-state index contributed by atoms with van der Waals surface area (Å²) in [4.78, 5) is 24.9. The molecule has 1 fully saturated rings. The van der Waals surface area contributed by atoms with Crippen molar-refractivity contribution in [1.82, 2.24) is 4.90 Å². The van der Waals surface area contributed by atoms with E-state index in [-0.39, 0.29) is 5.91 Å². The minimum atomic E-state index is -0.894. The molecule has 0 aliphatic carbocycles. The van der Waals surface area contributed by atoms with Crippen LogP contribution < -0.4 is 0 Å². The fourth-order valence-corrected chi connectivity index (χ4v) is 3.19. The van der Waals surface area contributed by atoms with E-state index in [0.717, 1.165) is 29.8 Å². The van der Waals surface area contributed by atoms with Crippen LogP contribution in [0.2, 0.25) is 5.02 Å². The van der Waals surface area contributed by atoms with Crippen LogP contribution in [0.5, 0.6) is 0 Å². The van der Waals surface area contributed by atoms with Crippen molar-refractivity contribution in [1.29, 1.82) is 0 Å². The van der Waals surface area contributed by atoms with Gasteiger partial charge in [0.05, 0.1) is 0 Å². The molecule has 1 aromatic rings. The molecule has 2 rings (SSSR count). The van der Waals surface area contributed by atoms with Crippen LogP contribution in [0.25, 0.3) is 0 Å². The van der Waals surface area contributed by atoms with Crippen LogP contribution in [-0.4, -0.2) is 34.5 Å².